The van der Waals surface area contributed by atoms with E-state index in [1.807, 2.05) is 0 Å². The predicted molar refractivity (Wildman–Crippen MR) is 0 cm³/mol. The van der Waals surface area contributed by atoms with Crippen molar-refractivity contribution < 1.29 is 226 Å². The number of rotatable bonds is 0. The summed E-state index contributed by atoms with van der Waals surface area (Å²) < 4.78 is 0. The van der Waals surface area contributed by atoms with Gasteiger partial charge < -0.3 is 50.9 Å². The summed E-state index contributed by atoms with van der Waals surface area (Å²) in [7, 11) is 0. The van der Waals surface area contributed by atoms with Gasteiger partial charge in [-0.25, -0.2) is 0 Å². The molecule has 0 aromatic rings. The summed E-state index contributed by atoms with van der Waals surface area (Å²) in [5.41, 5.74) is 0. The van der Waals surface area contributed by atoms with Gasteiger partial charge in [0.15, 0.2) is 0 Å². The van der Waals surface area contributed by atoms with Crippen molar-refractivity contribution in [2.45, 2.75) is 0 Å². The smallest absolute Gasteiger partial charge is 1.00 e. The quantitative estimate of drug-likeness (QED) is 0.313. The van der Waals surface area contributed by atoms with E-state index in [-0.39, 0.29) is 226 Å². The van der Waals surface area contributed by atoms with Gasteiger partial charge in [-0.15, -0.1) is 0 Å². The van der Waals surface area contributed by atoms with E-state index < -0.39 is 0 Å². The molecule has 0 aliphatic rings. The van der Waals surface area contributed by atoms with Gasteiger partial charge in [0.1, 0.15) is 0 Å². The second-order valence-electron chi connectivity index (χ2n) is 0. The second-order valence-corrected chi connectivity index (χ2v) is 0. The van der Waals surface area contributed by atoms with Gasteiger partial charge in [0.05, 0.1) is 0 Å². The van der Waals surface area contributed by atoms with Gasteiger partial charge in [0.2, 0.25) is 0 Å². The Hall–Kier alpha value is 6.86. The van der Waals surface area contributed by atoms with E-state index in [4.69, 9.17) is 0 Å². The Balaban J connectivity index is 0. The summed E-state index contributed by atoms with van der Waals surface area (Å²) in [5.74, 6) is 0. The second kappa shape index (κ2) is 29.7. The molecule has 0 bridgehead atoms. The molecule has 0 unspecified atom stereocenters. The molecule has 0 rings (SSSR count). The van der Waals surface area contributed by atoms with Crippen LogP contribution in [0.3, 0.4) is 0 Å². The van der Waals surface area contributed by atoms with Crippen molar-refractivity contribution in [3.63, 3.8) is 0 Å². The van der Waals surface area contributed by atoms with Gasteiger partial charge in [-0.3, -0.25) is 0 Å². The molecule has 0 nitrogen and oxygen atoms in total. The molecule has 0 amide bonds. The Bertz CT molecular complexity index is 6.00. The first-order valence-corrected chi connectivity index (χ1v) is 0. The largest absolute Gasteiger partial charge is 1.00 e. The van der Waals surface area contributed by atoms with Crippen LogP contribution in [0.5, 0.6) is 0 Å². The molecular weight excluding hydrogens is 496 g/mol. The molecule has 0 saturated heterocycles. The molecule has 24 valence electrons. The van der Waals surface area contributed by atoms with E-state index in [0.717, 1.165) is 0 Å². The third-order valence-electron chi connectivity index (χ3n) is 0. The minimum atomic E-state index is 0. The van der Waals surface area contributed by atoms with Crippen LogP contribution in [-0.2, 0) is 0 Å². The molecule has 0 radical (unpaired) electrons. The van der Waals surface area contributed by atoms with Crippen LogP contribution in [0, 0.1) is 0 Å². The third-order valence-corrected chi connectivity index (χ3v) is 0. The Morgan fingerprint density at radius 1 is 0.333 bits per heavy atom. The topological polar surface area (TPSA) is 0 Å². The van der Waals surface area contributed by atoms with Crippen LogP contribution in [0.2, 0.25) is 0 Å². The zero-order valence-corrected chi connectivity index (χ0v) is 23.6. The van der Waals surface area contributed by atoms with Crippen molar-refractivity contribution >= 4 is 0 Å². The van der Waals surface area contributed by atoms with Crippen LogP contribution in [-0.4, -0.2) is 0 Å². The normalized spacial score (nSPS) is 0. The van der Waals surface area contributed by atoms with E-state index in [9.17, 15) is 0 Å². The predicted octanol–water partition coefficient (Wildman–Crippen LogP) is -18.0. The minimum Gasteiger partial charge on any atom is -1.00 e. The monoisotopic (exact) mass is 491 g/mol. The van der Waals surface area contributed by atoms with Gasteiger partial charge in [-0.05, 0) is 0 Å². The summed E-state index contributed by atoms with van der Waals surface area (Å²) in [6.07, 6.45) is 0. The van der Waals surface area contributed by atoms with E-state index >= 15 is 0 Å². The van der Waals surface area contributed by atoms with Crippen LogP contribution < -0.4 is 226 Å². The molecule has 0 heterocycles. The molecule has 0 atom stereocenters. The van der Waals surface area contributed by atoms with Crippen LogP contribution >= 0.6 is 0 Å². The third kappa shape index (κ3) is 22.4. The first kappa shape index (κ1) is 38.4. The van der Waals surface area contributed by atoms with Gasteiger partial charge in [-0.2, -0.15) is 0 Å². The maximum atomic E-state index is 0. The van der Waals surface area contributed by atoms with E-state index in [1.165, 1.54) is 0 Å². The fourth-order valence-corrected chi connectivity index (χ4v) is 0. The van der Waals surface area contributed by atoms with E-state index in [2.05, 4.69) is 0 Å². The molecule has 0 fully saturated rings. The molecule has 6 heteroatoms. The van der Waals surface area contributed by atoms with Crippen molar-refractivity contribution in [1.82, 2.24) is 0 Å². The Morgan fingerprint density at radius 3 is 0.333 bits per heavy atom. The fourth-order valence-electron chi connectivity index (χ4n) is 0. The molecule has 0 aliphatic carbocycles. The Kier molecular flexibility index (Phi) is 190. The zero-order chi connectivity index (χ0) is 0. The van der Waals surface area contributed by atoms with Gasteiger partial charge in [0.25, 0.3) is 0 Å². The Labute approximate surface area is 217 Å². The average molecular weight is 496 g/mol. The van der Waals surface area contributed by atoms with Crippen LogP contribution in [0.15, 0.2) is 0 Å². The molecule has 0 saturated carbocycles. The van der Waals surface area contributed by atoms with Crippen molar-refractivity contribution in [3.05, 3.63) is 0 Å². The van der Waals surface area contributed by atoms with Gasteiger partial charge >= 0.3 is 175 Å². The Morgan fingerprint density at radius 2 is 0.333 bits per heavy atom. The summed E-state index contributed by atoms with van der Waals surface area (Å²) in [6.45, 7) is 0. The fraction of sp³-hybridized carbons (Fsp3) is 0. The molecule has 0 aliphatic heterocycles. The average Bonchev–Trinajstić information content (AvgIpc) is 0. The maximum absolute atomic E-state index is 0. The molecule has 0 aromatic carbocycles. The molecule has 0 aromatic heterocycles. The summed E-state index contributed by atoms with van der Waals surface area (Å²) in [4.78, 5) is 0. The minimum absolute atomic E-state index is 0. The number of hydrogen-bond donors (Lipinski definition) is 0. The molecule has 6 heavy (non-hydrogen) atoms. The zero-order valence-electron chi connectivity index (χ0n) is 4.13. The molecular formula is Br3Rb3. The van der Waals surface area contributed by atoms with Crippen molar-refractivity contribution in [1.29, 1.82) is 0 Å². The summed E-state index contributed by atoms with van der Waals surface area (Å²) in [5, 5.41) is 0. The number of halogens is 3. The molecule has 0 N–H and O–H groups in total. The van der Waals surface area contributed by atoms with Gasteiger partial charge in [0, 0.05) is 0 Å². The first-order chi connectivity index (χ1) is 0. The summed E-state index contributed by atoms with van der Waals surface area (Å²) in [6, 6.07) is 0. The van der Waals surface area contributed by atoms with E-state index in [0.29, 0.717) is 0 Å². The van der Waals surface area contributed by atoms with Crippen LogP contribution in [0.25, 0.3) is 0 Å². The maximum Gasteiger partial charge on any atom is 1.00 e. The summed E-state index contributed by atoms with van der Waals surface area (Å²) >= 11 is 0. The van der Waals surface area contributed by atoms with Crippen molar-refractivity contribution in [3.8, 4) is 0 Å². The SMILES string of the molecule is [Br-].[Br-].[Br-].[Rb+].[Rb+].[Rb+]. The van der Waals surface area contributed by atoms with Crippen LogP contribution in [0.1, 0.15) is 0 Å². The standard InChI is InChI=1S/3BrH.3Rb/h3*1H;;;/q;;;3*+1/p-3. The van der Waals surface area contributed by atoms with Crippen molar-refractivity contribution in [2.75, 3.05) is 0 Å². The first-order valence-electron chi connectivity index (χ1n) is 0. The van der Waals surface area contributed by atoms with E-state index in [1.54, 1.807) is 0 Å². The molecule has 0 spiro atoms. The van der Waals surface area contributed by atoms with Crippen molar-refractivity contribution in [2.24, 2.45) is 0 Å². The van der Waals surface area contributed by atoms with Gasteiger partial charge in [-0.1, -0.05) is 0 Å². The van der Waals surface area contributed by atoms with Crippen LogP contribution in [0.4, 0.5) is 0 Å². The number of hydrogen-bond acceptors (Lipinski definition) is 0.